The van der Waals surface area contributed by atoms with Gasteiger partial charge in [-0.2, -0.15) is 0 Å². The molecule has 4 nitrogen and oxygen atoms in total. The molecule has 0 aliphatic carbocycles. The van der Waals surface area contributed by atoms with Gasteiger partial charge in [0.2, 0.25) is 5.91 Å². The number of halogens is 1. The number of nitrogens with two attached hydrogens (primary N) is 1. The van der Waals surface area contributed by atoms with E-state index in [1.807, 2.05) is 13.0 Å². The lowest BCUT2D eigenvalue weighted by Gasteiger charge is -2.32. The summed E-state index contributed by atoms with van der Waals surface area (Å²) in [6.45, 7) is 4.72. The molecule has 1 unspecified atom stereocenters. The lowest BCUT2D eigenvalue weighted by Crippen LogP contribution is -2.46. The molecule has 1 aliphatic heterocycles. The van der Waals surface area contributed by atoms with Crippen LogP contribution in [0.5, 0.6) is 0 Å². The molecule has 1 aromatic carbocycles. The van der Waals surface area contributed by atoms with Gasteiger partial charge < -0.3 is 11.1 Å². The van der Waals surface area contributed by atoms with E-state index < -0.39 is 0 Å². The van der Waals surface area contributed by atoms with Crippen molar-refractivity contribution in [1.29, 1.82) is 0 Å². The number of rotatable bonds is 5. The van der Waals surface area contributed by atoms with Gasteiger partial charge in [0.25, 0.3) is 0 Å². The number of amides is 1. The van der Waals surface area contributed by atoms with Crippen LogP contribution >= 0.6 is 0 Å². The standard InChI is InChI=1S/C16H24FN3O/c1-12(9-18)19-16(21)14-5-3-7-20(11-14)10-13-4-2-6-15(17)8-13/h2,4,6,8,12,14H,3,5,7,9-11,18H2,1H3,(H,19,21)/t12-,14?/m0/s1. The first kappa shape index (κ1) is 15.9. The van der Waals surface area contributed by atoms with Gasteiger partial charge in [-0.3, -0.25) is 9.69 Å². The Morgan fingerprint density at radius 1 is 1.57 bits per heavy atom. The first-order chi connectivity index (χ1) is 10.1. The summed E-state index contributed by atoms with van der Waals surface area (Å²) in [6, 6.07) is 6.66. The SMILES string of the molecule is C[C@@H](CN)NC(=O)C1CCCN(Cc2cccc(F)c2)C1. The highest BCUT2D eigenvalue weighted by molar-refractivity contribution is 5.79. The van der Waals surface area contributed by atoms with Gasteiger partial charge in [-0.15, -0.1) is 0 Å². The van der Waals surface area contributed by atoms with E-state index in [9.17, 15) is 9.18 Å². The number of carbonyl (C=O) groups is 1. The number of hydrogen-bond donors (Lipinski definition) is 2. The zero-order chi connectivity index (χ0) is 15.2. The van der Waals surface area contributed by atoms with Gasteiger partial charge in [0.15, 0.2) is 0 Å². The fraction of sp³-hybridized carbons (Fsp3) is 0.562. The number of nitrogens with one attached hydrogen (secondary N) is 1. The fourth-order valence-corrected chi connectivity index (χ4v) is 2.73. The van der Waals surface area contributed by atoms with E-state index in [1.165, 1.54) is 6.07 Å². The average Bonchev–Trinajstić information content (AvgIpc) is 2.47. The molecule has 1 amide bonds. The molecule has 0 aromatic heterocycles. The number of hydrogen-bond acceptors (Lipinski definition) is 3. The van der Waals surface area contributed by atoms with Gasteiger partial charge in [-0.1, -0.05) is 12.1 Å². The Bertz CT molecular complexity index is 480. The van der Waals surface area contributed by atoms with Crippen LogP contribution in [0.15, 0.2) is 24.3 Å². The van der Waals surface area contributed by atoms with E-state index >= 15 is 0 Å². The molecule has 1 aliphatic rings. The molecule has 0 radical (unpaired) electrons. The summed E-state index contributed by atoms with van der Waals surface area (Å²) in [4.78, 5) is 14.4. The molecule has 21 heavy (non-hydrogen) atoms. The van der Waals surface area contributed by atoms with Crippen molar-refractivity contribution >= 4 is 5.91 Å². The fourth-order valence-electron chi connectivity index (χ4n) is 2.73. The molecule has 1 fully saturated rings. The molecule has 116 valence electrons. The molecule has 1 heterocycles. The summed E-state index contributed by atoms with van der Waals surface area (Å²) in [5, 5.41) is 2.94. The van der Waals surface area contributed by atoms with Crippen LogP contribution in [0.1, 0.15) is 25.3 Å². The Balaban J connectivity index is 1.90. The van der Waals surface area contributed by atoms with Crippen molar-refractivity contribution in [2.75, 3.05) is 19.6 Å². The number of nitrogens with zero attached hydrogens (tertiary/aromatic N) is 1. The molecule has 0 saturated carbocycles. The van der Waals surface area contributed by atoms with E-state index in [0.717, 1.165) is 31.5 Å². The Kier molecular flexibility index (Phi) is 5.70. The Labute approximate surface area is 125 Å². The van der Waals surface area contributed by atoms with Gasteiger partial charge in [0.05, 0.1) is 5.92 Å². The molecule has 3 N–H and O–H groups in total. The van der Waals surface area contributed by atoms with Gasteiger partial charge in [-0.25, -0.2) is 4.39 Å². The molecule has 0 bridgehead atoms. The second-order valence-electron chi connectivity index (χ2n) is 5.85. The Morgan fingerprint density at radius 3 is 3.10 bits per heavy atom. The molecule has 5 heteroatoms. The zero-order valence-electron chi connectivity index (χ0n) is 12.5. The minimum absolute atomic E-state index is 0.00121. The van der Waals surface area contributed by atoms with Crippen LogP contribution in [-0.2, 0) is 11.3 Å². The van der Waals surface area contributed by atoms with Crippen molar-refractivity contribution in [3.05, 3.63) is 35.6 Å². The molecule has 1 aromatic rings. The molecular formula is C16H24FN3O. The summed E-state index contributed by atoms with van der Waals surface area (Å²) in [5.74, 6) is -0.131. The van der Waals surface area contributed by atoms with Crippen LogP contribution in [-0.4, -0.2) is 36.5 Å². The quantitative estimate of drug-likeness (QED) is 0.865. The van der Waals surface area contributed by atoms with Crippen molar-refractivity contribution in [2.45, 2.75) is 32.4 Å². The van der Waals surface area contributed by atoms with Crippen LogP contribution in [0, 0.1) is 11.7 Å². The third-order valence-electron chi connectivity index (χ3n) is 3.91. The first-order valence-corrected chi connectivity index (χ1v) is 7.55. The maximum atomic E-state index is 13.2. The van der Waals surface area contributed by atoms with Gasteiger partial charge in [0, 0.05) is 25.7 Å². The number of benzene rings is 1. The van der Waals surface area contributed by atoms with Gasteiger partial charge in [0.1, 0.15) is 5.82 Å². The zero-order valence-corrected chi connectivity index (χ0v) is 12.5. The Morgan fingerprint density at radius 2 is 2.38 bits per heavy atom. The molecule has 2 atom stereocenters. The maximum absolute atomic E-state index is 13.2. The molecule has 0 spiro atoms. The van der Waals surface area contributed by atoms with Crippen molar-refractivity contribution in [3.8, 4) is 0 Å². The Hall–Kier alpha value is -1.46. The van der Waals surface area contributed by atoms with E-state index in [1.54, 1.807) is 12.1 Å². The van der Waals surface area contributed by atoms with Crippen molar-refractivity contribution in [2.24, 2.45) is 11.7 Å². The molecule has 2 rings (SSSR count). The second-order valence-corrected chi connectivity index (χ2v) is 5.85. The lowest BCUT2D eigenvalue weighted by atomic mass is 9.96. The van der Waals surface area contributed by atoms with Crippen molar-refractivity contribution in [1.82, 2.24) is 10.2 Å². The highest BCUT2D eigenvalue weighted by Crippen LogP contribution is 2.19. The second kappa shape index (κ2) is 7.52. The number of piperidine rings is 1. The monoisotopic (exact) mass is 293 g/mol. The summed E-state index contributed by atoms with van der Waals surface area (Å²) in [5.41, 5.74) is 6.48. The van der Waals surface area contributed by atoms with Crippen molar-refractivity contribution in [3.63, 3.8) is 0 Å². The summed E-state index contributed by atoms with van der Waals surface area (Å²) >= 11 is 0. The largest absolute Gasteiger partial charge is 0.352 e. The van der Waals surface area contributed by atoms with Crippen LogP contribution < -0.4 is 11.1 Å². The van der Waals surface area contributed by atoms with E-state index in [2.05, 4.69) is 10.2 Å². The molecule has 1 saturated heterocycles. The lowest BCUT2D eigenvalue weighted by molar-refractivity contribution is -0.127. The van der Waals surface area contributed by atoms with Crippen LogP contribution in [0.3, 0.4) is 0 Å². The van der Waals surface area contributed by atoms with Crippen LogP contribution in [0.2, 0.25) is 0 Å². The van der Waals surface area contributed by atoms with Gasteiger partial charge in [-0.05, 0) is 44.0 Å². The predicted molar refractivity (Wildman–Crippen MR) is 81.1 cm³/mol. The predicted octanol–water partition coefficient (Wildman–Crippen LogP) is 1.50. The van der Waals surface area contributed by atoms with E-state index in [0.29, 0.717) is 13.1 Å². The number of likely N-dealkylation sites (tertiary alicyclic amines) is 1. The summed E-state index contributed by atoms with van der Waals surface area (Å²) in [7, 11) is 0. The smallest absolute Gasteiger partial charge is 0.224 e. The minimum Gasteiger partial charge on any atom is -0.352 e. The number of carbonyl (C=O) groups excluding carboxylic acids is 1. The highest BCUT2D eigenvalue weighted by atomic mass is 19.1. The summed E-state index contributed by atoms with van der Waals surface area (Å²) in [6.07, 6.45) is 1.90. The first-order valence-electron chi connectivity index (χ1n) is 7.55. The maximum Gasteiger partial charge on any atom is 0.224 e. The molecular weight excluding hydrogens is 269 g/mol. The third kappa shape index (κ3) is 4.79. The normalized spacial score (nSPS) is 21.0. The topological polar surface area (TPSA) is 58.4 Å². The van der Waals surface area contributed by atoms with Crippen LogP contribution in [0.4, 0.5) is 4.39 Å². The average molecular weight is 293 g/mol. The summed E-state index contributed by atoms with van der Waals surface area (Å²) < 4.78 is 13.2. The van der Waals surface area contributed by atoms with E-state index in [-0.39, 0.29) is 23.7 Å². The third-order valence-corrected chi connectivity index (χ3v) is 3.91. The highest BCUT2D eigenvalue weighted by Gasteiger charge is 2.26. The van der Waals surface area contributed by atoms with Crippen LogP contribution in [0.25, 0.3) is 0 Å². The minimum atomic E-state index is -0.212. The van der Waals surface area contributed by atoms with E-state index in [4.69, 9.17) is 5.73 Å². The van der Waals surface area contributed by atoms with Crippen molar-refractivity contribution < 1.29 is 9.18 Å². The van der Waals surface area contributed by atoms with Gasteiger partial charge >= 0.3 is 0 Å².